The highest BCUT2D eigenvalue weighted by molar-refractivity contribution is 7.92. The fourth-order valence-corrected chi connectivity index (χ4v) is 4.77. The first-order valence-electron chi connectivity index (χ1n) is 10.0. The molecule has 0 aliphatic rings. The Bertz CT molecular complexity index is 1220. The van der Waals surface area contributed by atoms with Gasteiger partial charge in [0.15, 0.2) is 0 Å². The summed E-state index contributed by atoms with van der Waals surface area (Å²) in [7, 11) is -3.87. The second-order valence-electron chi connectivity index (χ2n) is 7.50. The topological polar surface area (TPSA) is 84.5 Å². The van der Waals surface area contributed by atoms with Gasteiger partial charge >= 0.3 is 0 Å². The van der Waals surface area contributed by atoms with E-state index in [0.29, 0.717) is 22.0 Å². The van der Waals surface area contributed by atoms with Gasteiger partial charge in [0.05, 0.1) is 16.5 Å². The maximum Gasteiger partial charge on any atom is 0.262 e. The minimum absolute atomic E-state index is 0.0524. The van der Waals surface area contributed by atoms with Gasteiger partial charge in [0, 0.05) is 11.3 Å². The zero-order valence-corrected chi connectivity index (χ0v) is 19.7. The number of anilines is 1. The standard InChI is InChI=1S/C24H25ClN2O4S/c1-16-12-17(2)14-20(13-16)27-32(29,30)23-15-19(9-8-18(23)3)24(28)26-10-11-31-22-7-5-4-6-21(22)25/h4-9,12-15,27H,10-11H2,1-3H3,(H,26,28). The Morgan fingerprint density at radius 2 is 1.66 bits per heavy atom. The number of hydrogen-bond acceptors (Lipinski definition) is 4. The molecule has 0 radical (unpaired) electrons. The van der Waals surface area contributed by atoms with E-state index in [2.05, 4.69) is 10.0 Å². The second-order valence-corrected chi connectivity index (χ2v) is 9.55. The number of carbonyl (C=O) groups excluding carboxylic acids is 1. The van der Waals surface area contributed by atoms with E-state index in [1.54, 1.807) is 55.5 Å². The summed E-state index contributed by atoms with van der Waals surface area (Å²) in [6, 6.07) is 17.1. The van der Waals surface area contributed by atoms with Crippen molar-refractivity contribution >= 4 is 33.2 Å². The largest absolute Gasteiger partial charge is 0.490 e. The Kier molecular flexibility index (Phi) is 7.43. The third kappa shape index (κ3) is 6.02. The van der Waals surface area contributed by atoms with Crippen LogP contribution in [0.5, 0.6) is 5.75 Å². The third-order valence-corrected chi connectivity index (χ3v) is 6.53. The SMILES string of the molecule is Cc1cc(C)cc(NS(=O)(=O)c2cc(C(=O)NCCOc3ccccc3Cl)ccc2C)c1. The van der Waals surface area contributed by atoms with E-state index in [1.807, 2.05) is 19.9 Å². The molecule has 8 heteroatoms. The Labute approximate surface area is 193 Å². The fourth-order valence-electron chi connectivity index (χ4n) is 3.26. The molecule has 0 spiro atoms. The molecular weight excluding hydrogens is 448 g/mol. The van der Waals surface area contributed by atoms with Gasteiger partial charge in [-0.2, -0.15) is 0 Å². The minimum atomic E-state index is -3.87. The number of aryl methyl sites for hydroxylation is 3. The minimum Gasteiger partial charge on any atom is -0.490 e. The molecule has 0 aliphatic heterocycles. The lowest BCUT2D eigenvalue weighted by atomic mass is 10.1. The third-order valence-electron chi connectivity index (χ3n) is 4.70. The number of para-hydroxylation sites is 1. The van der Waals surface area contributed by atoms with Gasteiger partial charge in [0.1, 0.15) is 12.4 Å². The zero-order chi connectivity index (χ0) is 23.3. The van der Waals surface area contributed by atoms with Gasteiger partial charge < -0.3 is 10.1 Å². The van der Waals surface area contributed by atoms with Crippen LogP contribution in [0.3, 0.4) is 0 Å². The molecule has 0 bridgehead atoms. The maximum atomic E-state index is 13.0. The lowest BCUT2D eigenvalue weighted by Gasteiger charge is -2.13. The van der Waals surface area contributed by atoms with Crippen molar-refractivity contribution in [2.75, 3.05) is 17.9 Å². The van der Waals surface area contributed by atoms with Crippen LogP contribution in [0.2, 0.25) is 5.02 Å². The van der Waals surface area contributed by atoms with E-state index in [4.69, 9.17) is 16.3 Å². The molecule has 0 aromatic heterocycles. The summed E-state index contributed by atoms with van der Waals surface area (Å²) in [5, 5.41) is 3.22. The van der Waals surface area contributed by atoms with Crippen molar-refractivity contribution in [1.29, 1.82) is 0 Å². The number of ether oxygens (including phenoxy) is 1. The van der Waals surface area contributed by atoms with Crippen LogP contribution in [-0.4, -0.2) is 27.5 Å². The number of nitrogens with one attached hydrogen (secondary N) is 2. The molecular formula is C24H25ClN2O4S. The number of benzene rings is 3. The fraction of sp³-hybridized carbons (Fsp3) is 0.208. The van der Waals surface area contributed by atoms with Crippen LogP contribution >= 0.6 is 11.6 Å². The first kappa shape index (κ1) is 23.6. The number of sulfonamides is 1. The average Bonchev–Trinajstić information content (AvgIpc) is 2.71. The molecule has 2 N–H and O–H groups in total. The van der Waals surface area contributed by atoms with Crippen LogP contribution in [0.4, 0.5) is 5.69 Å². The van der Waals surface area contributed by atoms with Crippen molar-refractivity contribution in [2.45, 2.75) is 25.7 Å². The highest BCUT2D eigenvalue weighted by Gasteiger charge is 2.19. The van der Waals surface area contributed by atoms with Gasteiger partial charge in [-0.15, -0.1) is 0 Å². The predicted molar refractivity (Wildman–Crippen MR) is 127 cm³/mol. The van der Waals surface area contributed by atoms with E-state index in [1.165, 1.54) is 6.07 Å². The van der Waals surface area contributed by atoms with Crippen LogP contribution in [-0.2, 0) is 10.0 Å². The molecule has 3 rings (SSSR count). The summed E-state index contributed by atoms with van der Waals surface area (Å²) in [6.45, 7) is 5.95. The molecule has 0 atom stereocenters. The molecule has 0 aliphatic carbocycles. The highest BCUT2D eigenvalue weighted by atomic mass is 35.5. The number of carbonyl (C=O) groups is 1. The molecule has 6 nitrogen and oxygen atoms in total. The summed E-state index contributed by atoms with van der Waals surface area (Å²) >= 11 is 6.04. The van der Waals surface area contributed by atoms with Gasteiger partial charge in [-0.3, -0.25) is 9.52 Å². The Hall–Kier alpha value is -3.03. The van der Waals surface area contributed by atoms with Crippen LogP contribution in [0.15, 0.2) is 65.6 Å². The molecule has 1 amide bonds. The van der Waals surface area contributed by atoms with Crippen LogP contribution in [0.1, 0.15) is 27.0 Å². The van der Waals surface area contributed by atoms with E-state index >= 15 is 0 Å². The van der Waals surface area contributed by atoms with Gasteiger partial charge in [-0.05, 0) is 73.9 Å². The molecule has 32 heavy (non-hydrogen) atoms. The van der Waals surface area contributed by atoms with Gasteiger partial charge in [-0.1, -0.05) is 35.9 Å². The van der Waals surface area contributed by atoms with Crippen molar-refractivity contribution < 1.29 is 17.9 Å². The van der Waals surface area contributed by atoms with Crippen LogP contribution in [0.25, 0.3) is 0 Å². The molecule has 0 saturated heterocycles. The average molecular weight is 473 g/mol. The first-order chi connectivity index (χ1) is 15.2. The lowest BCUT2D eigenvalue weighted by molar-refractivity contribution is 0.0947. The van der Waals surface area contributed by atoms with Crippen LogP contribution < -0.4 is 14.8 Å². The predicted octanol–water partition coefficient (Wildman–Crippen LogP) is 4.87. The van der Waals surface area contributed by atoms with Crippen molar-refractivity contribution in [3.8, 4) is 5.75 Å². The monoisotopic (exact) mass is 472 g/mol. The van der Waals surface area contributed by atoms with Crippen LogP contribution in [0, 0.1) is 20.8 Å². The molecule has 3 aromatic carbocycles. The summed E-state index contributed by atoms with van der Waals surface area (Å²) in [5.74, 6) is 0.139. The van der Waals surface area contributed by atoms with Gasteiger partial charge in [-0.25, -0.2) is 8.42 Å². The Morgan fingerprint density at radius 3 is 2.34 bits per heavy atom. The molecule has 168 valence electrons. The van der Waals surface area contributed by atoms with Crippen molar-refractivity contribution in [3.63, 3.8) is 0 Å². The molecule has 0 saturated carbocycles. The normalized spacial score (nSPS) is 11.1. The summed E-state index contributed by atoms with van der Waals surface area (Å²) < 4.78 is 34.1. The van der Waals surface area contributed by atoms with E-state index in [-0.39, 0.29) is 23.6 Å². The summed E-state index contributed by atoms with van der Waals surface area (Å²) in [4.78, 5) is 12.6. The van der Waals surface area contributed by atoms with Gasteiger partial charge in [0.25, 0.3) is 15.9 Å². The van der Waals surface area contributed by atoms with E-state index in [0.717, 1.165) is 11.1 Å². The smallest absolute Gasteiger partial charge is 0.262 e. The van der Waals surface area contributed by atoms with Crippen molar-refractivity contribution in [3.05, 3.63) is 87.9 Å². The lowest BCUT2D eigenvalue weighted by Crippen LogP contribution is -2.28. The molecule has 0 heterocycles. The molecule has 0 unspecified atom stereocenters. The summed E-state index contributed by atoms with van der Waals surface area (Å²) in [6.07, 6.45) is 0. The number of rotatable bonds is 8. The second kappa shape index (κ2) is 10.1. The molecule has 0 fully saturated rings. The zero-order valence-electron chi connectivity index (χ0n) is 18.1. The van der Waals surface area contributed by atoms with E-state index < -0.39 is 15.9 Å². The summed E-state index contributed by atoms with van der Waals surface area (Å²) in [5.41, 5.74) is 3.17. The van der Waals surface area contributed by atoms with E-state index in [9.17, 15) is 13.2 Å². The highest BCUT2D eigenvalue weighted by Crippen LogP contribution is 2.24. The van der Waals surface area contributed by atoms with Gasteiger partial charge in [0.2, 0.25) is 0 Å². The maximum absolute atomic E-state index is 13.0. The first-order valence-corrected chi connectivity index (χ1v) is 11.9. The quantitative estimate of drug-likeness (QED) is 0.458. The Balaban J connectivity index is 1.68. The molecule has 3 aromatic rings. The Morgan fingerprint density at radius 1 is 0.969 bits per heavy atom. The van der Waals surface area contributed by atoms with Crippen molar-refractivity contribution in [2.24, 2.45) is 0 Å². The number of hydrogen-bond donors (Lipinski definition) is 2. The van der Waals surface area contributed by atoms with Crippen molar-refractivity contribution in [1.82, 2.24) is 5.32 Å². The number of halogens is 1. The number of amides is 1.